The average molecular weight is 350 g/mol. The maximum absolute atomic E-state index is 8.42. The Bertz CT molecular complexity index is 602. The van der Waals surface area contributed by atoms with Gasteiger partial charge in [0, 0.05) is 24.0 Å². The summed E-state index contributed by atoms with van der Waals surface area (Å²) in [4.78, 5) is 3.93. The lowest BCUT2D eigenvalue weighted by Crippen LogP contribution is -2.45. The first kappa shape index (κ1) is 16.4. The van der Waals surface area contributed by atoms with Crippen LogP contribution in [0.4, 0.5) is 5.00 Å². The van der Waals surface area contributed by atoms with E-state index in [0.29, 0.717) is 11.9 Å². The lowest BCUT2D eigenvalue weighted by atomic mass is 9.91. The number of nitrogen functional groups attached to an aromatic ring is 1. The van der Waals surface area contributed by atoms with Crippen molar-refractivity contribution >= 4 is 22.2 Å². The van der Waals surface area contributed by atoms with Gasteiger partial charge < -0.3 is 15.2 Å². The Labute approximate surface area is 147 Å². The van der Waals surface area contributed by atoms with Gasteiger partial charge in [0.05, 0.1) is 23.8 Å². The first-order valence-electron chi connectivity index (χ1n) is 9.19. The summed E-state index contributed by atoms with van der Waals surface area (Å²) < 4.78 is 11.5. The largest absolute Gasteiger partial charge is 0.474 e. The number of thiophene rings is 1. The Morgan fingerprint density at radius 3 is 2.67 bits per heavy atom. The predicted octanol–water partition coefficient (Wildman–Crippen LogP) is 2.80. The molecule has 0 unspecified atom stereocenters. The maximum Gasteiger partial charge on any atom is 0.216 e. The molecule has 2 heterocycles. The number of hydrogen-bond acceptors (Lipinski definition) is 6. The second-order valence-electron chi connectivity index (χ2n) is 7.12. The van der Waals surface area contributed by atoms with E-state index in [-0.39, 0.29) is 6.10 Å². The highest BCUT2D eigenvalue weighted by Gasteiger charge is 2.30. The normalized spacial score (nSPS) is 27.8. The number of nitrogens with two attached hydrogens (primary N) is 1. The van der Waals surface area contributed by atoms with E-state index in [0.717, 1.165) is 75.4 Å². The molecule has 1 aromatic rings. The number of nitrogens with zero attached hydrogens (tertiary/aromatic N) is 1. The van der Waals surface area contributed by atoms with Crippen molar-refractivity contribution in [1.29, 1.82) is 5.41 Å². The van der Waals surface area contributed by atoms with Crippen molar-refractivity contribution in [3.63, 3.8) is 0 Å². The molecule has 0 aromatic carbocycles. The number of aryl methyl sites for hydroxylation is 1. The third-order valence-electron chi connectivity index (χ3n) is 5.67. The van der Waals surface area contributed by atoms with Crippen LogP contribution in [0, 0.1) is 5.41 Å². The molecule has 1 aromatic heterocycles. The SMILES string of the molecule is N=C(OC1CCC(N2CCOCC2)CC1)c1c(N)sc2c1CCC2. The molecule has 0 radical (unpaired) electrons. The van der Waals surface area contributed by atoms with Crippen molar-refractivity contribution in [2.75, 3.05) is 32.0 Å². The van der Waals surface area contributed by atoms with Crippen LogP contribution in [0.2, 0.25) is 0 Å². The van der Waals surface area contributed by atoms with E-state index < -0.39 is 0 Å². The minimum atomic E-state index is 0.172. The fourth-order valence-corrected chi connectivity index (χ4v) is 5.53. The summed E-state index contributed by atoms with van der Waals surface area (Å²) in [6.07, 6.45) is 7.92. The van der Waals surface area contributed by atoms with Crippen molar-refractivity contribution in [3.8, 4) is 0 Å². The number of morpholine rings is 1. The quantitative estimate of drug-likeness (QED) is 0.650. The number of rotatable bonds is 3. The van der Waals surface area contributed by atoms with Gasteiger partial charge in [-0.15, -0.1) is 11.3 Å². The molecule has 5 nitrogen and oxygen atoms in total. The van der Waals surface area contributed by atoms with Gasteiger partial charge in [-0.3, -0.25) is 10.3 Å². The van der Waals surface area contributed by atoms with Gasteiger partial charge in [0.2, 0.25) is 5.90 Å². The molecule has 2 fully saturated rings. The van der Waals surface area contributed by atoms with Gasteiger partial charge >= 0.3 is 0 Å². The fourth-order valence-electron chi connectivity index (χ4n) is 4.37. The molecule has 3 N–H and O–H groups in total. The van der Waals surface area contributed by atoms with Crippen LogP contribution in [0.5, 0.6) is 0 Å². The van der Waals surface area contributed by atoms with E-state index in [1.165, 1.54) is 16.9 Å². The Morgan fingerprint density at radius 1 is 1.17 bits per heavy atom. The van der Waals surface area contributed by atoms with Crippen LogP contribution in [0.3, 0.4) is 0 Å². The number of nitrogens with one attached hydrogen (secondary N) is 1. The highest BCUT2D eigenvalue weighted by atomic mass is 32.1. The van der Waals surface area contributed by atoms with E-state index in [1.54, 1.807) is 11.3 Å². The summed E-state index contributed by atoms with van der Waals surface area (Å²) in [5.41, 5.74) is 8.33. The zero-order valence-electron chi connectivity index (χ0n) is 14.2. The van der Waals surface area contributed by atoms with Gasteiger partial charge in [0.1, 0.15) is 6.10 Å². The number of hydrogen-bond donors (Lipinski definition) is 2. The summed E-state index contributed by atoms with van der Waals surface area (Å²) in [6, 6.07) is 0.665. The molecule has 6 heteroatoms. The van der Waals surface area contributed by atoms with Crippen molar-refractivity contribution in [2.45, 2.75) is 57.1 Å². The molecule has 0 spiro atoms. The topological polar surface area (TPSA) is 71.6 Å². The standard InChI is InChI=1S/C18H27N3O2S/c19-17(16-14-2-1-3-15(14)24-18(16)20)23-13-6-4-12(5-7-13)21-8-10-22-11-9-21/h12-13,19H,1-11,20H2. The van der Waals surface area contributed by atoms with E-state index in [4.69, 9.17) is 20.6 Å². The van der Waals surface area contributed by atoms with Crippen LogP contribution in [-0.2, 0) is 22.3 Å². The van der Waals surface area contributed by atoms with E-state index in [9.17, 15) is 0 Å². The van der Waals surface area contributed by atoms with E-state index in [2.05, 4.69) is 4.90 Å². The fraction of sp³-hybridized carbons (Fsp3) is 0.722. The lowest BCUT2D eigenvalue weighted by molar-refractivity contribution is -0.00217. The molecule has 1 aliphatic heterocycles. The third kappa shape index (κ3) is 3.19. The van der Waals surface area contributed by atoms with Crippen LogP contribution in [0.25, 0.3) is 0 Å². The Hall–Kier alpha value is -1.11. The van der Waals surface area contributed by atoms with Gasteiger partial charge in [-0.05, 0) is 50.5 Å². The molecule has 3 aliphatic rings. The Morgan fingerprint density at radius 2 is 1.92 bits per heavy atom. The predicted molar refractivity (Wildman–Crippen MR) is 97.1 cm³/mol. The number of anilines is 1. The molecular formula is C18H27N3O2S. The highest BCUT2D eigenvalue weighted by Crippen LogP contribution is 2.38. The third-order valence-corrected chi connectivity index (χ3v) is 6.79. The van der Waals surface area contributed by atoms with Crippen LogP contribution in [-0.4, -0.2) is 49.2 Å². The van der Waals surface area contributed by atoms with E-state index >= 15 is 0 Å². The molecule has 24 heavy (non-hydrogen) atoms. The summed E-state index contributed by atoms with van der Waals surface area (Å²) >= 11 is 1.65. The average Bonchev–Trinajstić information content (AvgIpc) is 3.16. The first-order valence-corrected chi connectivity index (χ1v) is 10.0. The summed E-state index contributed by atoms with van der Waals surface area (Å²) in [5.74, 6) is 0.307. The molecule has 0 atom stereocenters. The molecular weight excluding hydrogens is 322 g/mol. The van der Waals surface area contributed by atoms with Crippen molar-refractivity contribution in [3.05, 3.63) is 16.0 Å². The number of ether oxygens (including phenoxy) is 2. The molecule has 2 aliphatic carbocycles. The zero-order chi connectivity index (χ0) is 16.5. The minimum Gasteiger partial charge on any atom is -0.474 e. The summed E-state index contributed by atoms with van der Waals surface area (Å²) in [5, 5.41) is 9.19. The van der Waals surface area contributed by atoms with Crippen molar-refractivity contribution in [1.82, 2.24) is 4.90 Å². The highest BCUT2D eigenvalue weighted by molar-refractivity contribution is 7.16. The summed E-state index contributed by atoms with van der Waals surface area (Å²) in [7, 11) is 0. The van der Waals surface area contributed by atoms with Crippen molar-refractivity contribution < 1.29 is 9.47 Å². The van der Waals surface area contributed by atoms with Crippen LogP contribution in [0.15, 0.2) is 0 Å². The van der Waals surface area contributed by atoms with Gasteiger partial charge in [-0.1, -0.05) is 0 Å². The smallest absolute Gasteiger partial charge is 0.216 e. The molecule has 0 bridgehead atoms. The monoisotopic (exact) mass is 349 g/mol. The lowest BCUT2D eigenvalue weighted by Gasteiger charge is -2.38. The van der Waals surface area contributed by atoms with Gasteiger partial charge in [-0.25, -0.2) is 0 Å². The summed E-state index contributed by atoms with van der Waals surface area (Å²) in [6.45, 7) is 3.85. The van der Waals surface area contributed by atoms with Gasteiger partial charge in [0.15, 0.2) is 0 Å². The second kappa shape index (κ2) is 7.02. The molecule has 132 valence electrons. The van der Waals surface area contributed by atoms with Crippen LogP contribution in [0.1, 0.15) is 48.1 Å². The van der Waals surface area contributed by atoms with Gasteiger partial charge in [-0.2, -0.15) is 0 Å². The van der Waals surface area contributed by atoms with Crippen LogP contribution < -0.4 is 5.73 Å². The molecule has 0 amide bonds. The molecule has 1 saturated carbocycles. The zero-order valence-corrected chi connectivity index (χ0v) is 15.0. The maximum atomic E-state index is 8.42. The Kier molecular flexibility index (Phi) is 4.79. The molecule has 1 saturated heterocycles. The van der Waals surface area contributed by atoms with Gasteiger partial charge in [0.25, 0.3) is 0 Å². The second-order valence-corrected chi connectivity index (χ2v) is 8.26. The Balaban J connectivity index is 1.33. The minimum absolute atomic E-state index is 0.172. The number of fused-ring (bicyclic) bond motifs is 1. The van der Waals surface area contributed by atoms with E-state index in [1.807, 2.05) is 0 Å². The van der Waals surface area contributed by atoms with Crippen LogP contribution >= 0.6 is 11.3 Å². The van der Waals surface area contributed by atoms with Crippen molar-refractivity contribution in [2.24, 2.45) is 0 Å². The molecule has 4 rings (SSSR count). The first-order chi connectivity index (χ1) is 11.7.